The first-order chi connectivity index (χ1) is 9.97. The first kappa shape index (κ1) is 15.3. The lowest BCUT2D eigenvalue weighted by Crippen LogP contribution is -2.48. The van der Waals surface area contributed by atoms with Gasteiger partial charge in [0.25, 0.3) is 0 Å². The minimum atomic E-state index is -0.324. The van der Waals surface area contributed by atoms with Crippen LogP contribution in [0.15, 0.2) is 6.07 Å². The Morgan fingerprint density at radius 2 is 2.24 bits per heavy atom. The molecule has 0 unspecified atom stereocenters. The van der Waals surface area contributed by atoms with Crippen LogP contribution in [-0.2, 0) is 11.3 Å². The van der Waals surface area contributed by atoms with E-state index < -0.39 is 0 Å². The van der Waals surface area contributed by atoms with Gasteiger partial charge in [-0.3, -0.25) is 9.48 Å². The van der Waals surface area contributed by atoms with Crippen LogP contribution in [-0.4, -0.2) is 46.3 Å². The van der Waals surface area contributed by atoms with Gasteiger partial charge in [-0.05, 0) is 32.8 Å². The van der Waals surface area contributed by atoms with E-state index in [0.29, 0.717) is 26.2 Å². The van der Waals surface area contributed by atoms with Crippen LogP contribution >= 0.6 is 0 Å². The Kier molecular flexibility index (Phi) is 4.82. The quantitative estimate of drug-likeness (QED) is 0.842. The minimum absolute atomic E-state index is 0.137. The fourth-order valence-electron chi connectivity index (χ4n) is 2.68. The van der Waals surface area contributed by atoms with Crippen LogP contribution in [0.3, 0.4) is 0 Å². The maximum atomic E-state index is 12.1. The number of aromatic nitrogens is 2. The zero-order valence-electron chi connectivity index (χ0n) is 12.6. The molecular formula is C14H23N5O2. The summed E-state index contributed by atoms with van der Waals surface area (Å²) in [6.07, 6.45) is 1.59. The van der Waals surface area contributed by atoms with Crippen molar-refractivity contribution in [1.29, 1.82) is 0 Å². The number of amides is 3. The van der Waals surface area contributed by atoms with E-state index in [9.17, 15) is 9.59 Å². The van der Waals surface area contributed by atoms with Gasteiger partial charge in [0.1, 0.15) is 0 Å². The highest BCUT2D eigenvalue weighted by Crippen LogP contribution is 2.15. The Hall–Kier alpha value is -2.05. The van der Waals surface area contributed by atoms with Crippen LogP contribution in [0.25, 0.3) is 0 Å². The highest BCUT2D eigenvalue weighted by atomic mass is 16.2. The second-order valence-corrected chi connectivity index (χ2v) is 5.57. The van der Waals surface area contributed by atoms with Crippen LogP contribution < -0.4 is 11.1 Å². The van der Waals surface area contributed by atoms with Crippen molar-refractivity contribution in [3.05, 3.63) is 17.5 Å². The topological polar surface area (TPSA) is 93.3 Å². The van der Waals surface area contributed by atoms with Gasteiger partial charge in [0.05, 0.1) is 18.2 Å². The highest BCUT2D eigenvalue weighted by molar-refractivity contribution is 5.79. The van der Waals surface area contributed by atoms with Crippen LogP contribution in [0.4, 0.5) is 4.79 Å². The monoisotopic (exact) mass is 293 g/mol. The summed E-state index contributed by atoms with van der Waals surface area (Å²) in [6.45, 7) is 6.18. The van der Waals surface area contributed by atoms with Gasteiger partial charge in [0.15, 0.2) is 0 Å². The molecule has 1 atom stereocenters. The maximum absolute atomic E-state index is 12.1. The summed E-state index contributed by atoms with van der Waals surface area (Å²) >= 11 is 0. The number of hydrogen-bond donors (Lipinski definition) is 2. The van der Waals surface area contributed by atoms with E-state index >= 15 is 0 Å². The summed E-state index contributed by atoms with van der Waals surface area (Å²) in [5.41, 5.74) is 7.36. The molecule has 21 heavy (non-hydrogen) atoms. The third kappa shape index (κ3) is 3.96. The van der Waals surface area contributed by atoms with Gasteiger partial charge in [0, 0.05) is 25.3 Å². The SMILES string of the molecule is Cc1cc(C)n(CCNC(=O)N2CCC[C@@H](C(N)=O)C2)n1. The van der Waals surface area contributed by atoms with Crippen molar-refractivity contribution in [1.82, 2.24) is 20.0 Å². The minimum Gasteiger partial charge on any atom is -0.369 e. The second-order valence-electron chi connectivity index (χ2n) is 5.57. The molecule has 116 valence electrons. The fraction of sp³-hybridized carbons (Fsp3) is 0.643. The van der Waals surface area contributed by atoms with Crippen LogP contribution in [0.2, 0.25) is 0 Å². The van der Waals surface area contributed by atoms with Gasteiger partial charge < -0.3 is 16.0 Å². The van der Waals surface area contributed by atoms with Crippen molar-refractivity contribution in [2.24, 2.45) is 11.7 Å². The van der Waals surface area contributed by atoms with E-state index in [-0.39, 0.29) is 17.9 Å². The number of likely N-dealkylation sites (tertiary alicyclic amines) is 1. The molecule has 1 aliphatic heterocycles. The molecule has 0 radical (unpaired) electrons. The van der Waals surface area contributed by atoms with Crippen LogP contribution in [0.1, 0.15) is 24.2 Å². The van der Waals surface area contributed by atoms with Gasteiger partial charge in [-0.2, -0.15) is 5.10 Å². The normalized spacial score (nSPS) is 18.6. The van der Waals surface area contributed by atoms with Crippen LogP contribution in [0.5, 0.6) is 0 Å². The number of piperidine rings is 1. The average molecular weight is 293 g/mol. The molecule has 1 aromatic heterocycles. The van der Waals surface area contributed by atoms with E-state index in [0.717, 1.165) is 24.2 Å². The maximum Gasteiger partial charge on any atom is 0.317 e. The molecule has 0 aromatic carbocycles. The van der Waals surface area contributed by atoms with E-state index in [1.165, 1.54) is 0 Å². The largest absolute Gasteiger partial charge is 0.369 e. The average Bonchev–Trinajstić information content (AvgIpc) is 2.77. The number of nitrogens with zero attached hydrogens (tertiary/aromatic N) is 3. The molecule has 1 fully saturated rings. The number of aryl methyl sites for hydroxylation is 2. The lowest BCUT2D eigenvalue weighted by molar-refractivity contribution is -0.123. The lowest BCUT2D eigenvalue weighted by Gasteiger charge is -2.31. The molecule has 1 aromatic rings. The number of carbonyl (C=O) groups excluding carboxylic acids is 2. The van der Waals surface area contributed by atoms with Gasteiger partial charge in [-0.1, -0.05) is 0 Å². The number of hydrogen-bond acceptors (Lipinski definition) is 3. The van der Waals surface area contributed by atoms with Crippen molar-refractivity contribution < 1.29 is 9.59 Å². The summed E-state index contributed by atoms with van der Waals surface area (Å²) in [5.74, 6) is -0.546. The summed E-state index contributed by atoms with van der Waals surface area (Å²) in [5, 5.41) is 7.22. The summed E-state index contributed by atoms with van der Waals surface area (Å²) in [4.78, 5) is 25.0. The van der Waals surface area contributed by atoms with Crippen molar-refractivity contribution in [3.8, 4) is 0 Å². The number of nitrogens with two attached hydrogens (primary N) is 1. The second kappa shape index (κ2) is 6.60. The summed E-state index contributed by atoms with van der Waals surface area (Å²) in [6, 6.07) is 1.87. The molecule has 0 saturated carbocycles. The predicted molar refractivity (Wildman–Crippen MR) is 78.6 cm³/mol. The zero-order chi connectivity index (χ0) is 15.4. The molecule has 3 N–H and O–H groups in total. The first-order valence-corrected chi connectivity index (χ1v) is 7.30. The molecule has 0 aliphatic carbocycles. The number of nitrogens with one attached hydrogen (secondary N) is 1. The molecule has 7 nitrogen and oxygen atoms in total. The molecule has 0 bridgehead atoms. The highest BCUT2D eigenvalue weighted by Gasteiger charge is 2.26. The Morgan fingerprint density at radius 1 is 1.48 bits per heavy atom. The molecule has 1 saturated heterocycles. The Bertz CT molecular complexity index is 525. The number of carbonyl (C=O) groups is 2. The molecule has 2 heterocycles. The van der Waals surface area contributed by atoms with E-state index in [1.807, 2.05) is 24.6 Å². The molecule has 7 heteroatoms. The Balaban J connectivity index is 1.79. The van der Waals surface area contributed by atoms with Crippen molar-refractivity contribution >= 4 is 11.9 Å². The number of rotatable bonds is 4. The standard InChI is InChI=1S/C14H23N5O2/c1-10-8-11(2)19(17-10)7-5-16-14(21)18-6-3-4-12(9-18)13(15)20/h8,12H,3-7,9H2,1-2H3,(H2,15,20)(H,16,21)/t12-/m1/s1. The smallest absolute Gasteiger partial charge is 0.317 e. The molecular weight excluding hydrogens is 270 g/mol. The molecule has 3 amide bonds. The number of urea groups is 1. The van der Waals surface area contributed by atoms with Crippen molar-refractivity contribution in [2.75, 3.05) is 19.6 Å². The summed E-state index contributed by atoms with van der Waals surface area (Å²) < 4.78 is 1.87. The van der Waals surface area contributed by atoms with E-state index in [4.69, 9.17) is 5.73 Å². The molecule has 1 aliphatic rings. The van der Waals surface area contributed by atoms with Crippen molar-refractivity contribution in [2.45, 2.75) is 33.2 Å². The van der Waals surface area contributed by atoms with Gasteiger partial charge in [0.2, 0.25) is 5.91 Å². The van der Waals surface area contributed by atoms with Crippen molar-refractivity contribution in [3.63, 3.8) is 0 Å². The lowest BCUT2D eigenvalue weighted by atomic mass is 9.98. The summed E-state index contributed by atoms with van der Waals surface area (Å²) in [7, 11) is 0. The van der Waals surface area contributed by atoms with Gasteiger partial charge in [-0.15, -0.1) is 0 Å². The zero-order valence-corrected chi connectivity index (χ0v) is 12.6. The first-order valence-electron chi connectivity index (χ1n) is 7.30. The van der Waals surface area contributed by atoms with E-state index in [1.54, 1.807) is 4.90 Å². The number of primary amides is 1. The predicted octanol–water partition coefficient (Wildman–Crippen LogP) is 0.407. The van der Waals surface area contributed by atoms with E-state index in [2.05, 4.69) is 10.4 Å². The fourth-order valence-corrected chi connectivity index (χ4v) is 2.68. The molecule has 0 spiro atoms. The van der Waals surface area contributed by atoms with Gasteiger partial charge in [-0.25, -0.2) is 4.79 Å². The Morgan fingerprint density at radius 3 is 2.86 bits per heavy atom. The Labute approximate surface area is 124 Å². The third-order valence-electron chi connectivity index (χ3n) is 3.81. The van der Waals surface area contributed by atoms with Crippen LogP contribution in [0, 0.1) is 19.8 Å². The molecule has 2 rings (SSSR count). The van der Waals surface area contributed by atoms with Gasteiger partial charge >= 0.3 is 6.03 Å². The third-order valence-corrected chi connectivity index (χ3v) is 3.81.